The highest BCUT2D eigenvalue weighted by Crippen LogP contribution is 2.25. The summed E-state index contributed by atoms with van der Waals surface area (Å²) in [5.41, 5.74) is 0.834. The second-order valence-electron chi connectivity index (χ2n) is 4.49. The largest absolute Gasteiger partial charge is 0.497 e. The Morgan fingerprint density at radius 2 is 2.00 bits per heavy atom. The molecule has 3 rings (SSSR count). The molecule has 0 spiro atoms. The molecule has 3 aromatic rings. The summed E-state index contributed by atoms with van der Waals surface area (Å²) in [5.74, 6) is 2.07. The van der Waals surface area contributed by atoms with Crippen molar-refractivity contribution >= 4 is 11.8 Å². The molecule has 0 radical (unpaired) electrons. The van der Waals surface area contributed by atoms with E-state index in [0.29, 0.717) is 17.5 Å². The summed E-state index contributed by atoms with van der Waals surface area (Å²) in [5, 5.41) is 3.97. The summed E-state index contributed by atoms with van der Waals surface area (Å²) in [4.78, 5) is 5.31. The number of ether oxygens (including phenoxy) is 1. The molecule has 6 heteroatoms. The second kappa shape index (κ2) is 6.62. The molecule has 0 fully saturated rings. The number of methoxy groups -OCH3 is 1. The van der Waals surface area contributed by atoms with E-state index in [0.717, 1.165) is 16.2 Å². The summed E-state index contributed by atoms with van der Waals surface area (Å²) < 4.78 is 23.3. The average molecular weight is 316 g/mol. The number of aromatic nitrogens is 2. The lowest BCUT2D eigenvalue weighted by atomic mass is 10.2. The van der Waals surface area contributed by atoms with Crippen LogP contribution >= 0.6 is 11.8 Å². The molecule has 0 atom stereocenters. The van der Waals surface area contributed by atoms with Crippen molar-refractivity contribution in [1.82, 2.24) is 10.1 Å². The van der Waals surface area contributed by atoms with Gasteiger partial charge in [-0.1, -0.05) is 17.3 Å². The monoisotopic (exact) mass is 316 g/mol. The van der Waals surface area contributed by atoms with Crippen molar-refractivity contribution in [2.45, 2.75) is 10.6 Å². The fourth-order valence-electron chi connectivity index (χ4n) is 1.87. The van der Waals surface area contributed by atoms with Crippen LogP contribution in [0.5, 0.6) is 5.75 Å². The van der Waals surface area contributed by atoms with Gasteiger partial charge in [-0.2, -0.15) is 4.98 Å². The summed E-state index contributed by atoms with van der Waals surface area (Å²) in [7, 11) is 1.61. The summed E-state index contributed by atoms with van der Waals surface area (Å²) in [6.07, 6.45) is 0. The molecular formula is C16H13FN2O2S. The molecule has 0 amide bonds. The highest BCUT2D eigenvalue weighted by atomic mass is 32.2. The topological polar surface area (TPSA) is 48.2 Å². The summed E-state index contributed by atoms with van der Waals surface area (Å²) in [6.45, 7) is 0. The SMILES string of the molecule is COc1cccc(-c2noc(CSc3ccc(F)cc3)n2)c1. The Hall–Kier alpha value is -2.34. The van der Waals surface area contributed by atoms with Crippen LogP contribution < -0.4 is 4.74 Å². The Morgan fingerprint density at radius 3 is 2.77 bits per heavy atom. The first-order chi connectivity index (χ1) is 10.7. The lowest BCUT2D eigenvalue weighted by Gasteiger charge is -2.00. The van der Waals surface area contributed by atoms with Crippen LogP contribution in [0.15, 0.2) is 57.9 Å². The van der Waals surface area contributed by atoms with E-state index in [1.54, 1.807) is 19.2 Å². The maximum Gasteiger partial charge on any atom is 0.237 e. The number of halogens is 1. The highest BCUT2D eigenvalue weighted by Gasteiger charge is 2.09. The van der Waals surface area contributed by atoms with Gasteiger partial charge < -0.3 is 9.26 Å². The molecular weight excluding hydrogens is 303 g/mol. The molecule has 0 saturated heterocycles. The van der Waals surface area contributed by atoms with Crippen LogP contribution in [-0.2, 0) is 5.75 Å². The summed E-state index contributed by atoms with van der Waals surface area (Å²) in [6, 6.07) is 13.8. The molecule has 0 bridgehead atoms. The van der Waals surface area contributed by atoms with Gasteiger partial charge in [0.05, 0.1) is 12.9 Å². The van der Waals surface area contributed by atoms with Gasteiger partial charge in [0.1, 0.15) is 11.6 Å². The van der Waals surface area contributed by atoms with E-state index >= 15 is 0 Å². The van der Waals surface area contributed by atoms with Crippen LogP contribution in [0.1, 0.15) is 5.89 Å². The smallest absolute Gasteiger partial charge is 0.237 e. The van der Waals surface area contributed by atoms with Crippen LogP contribution in [0, 0.1) is 5.82 Å². The van der Waals surface area contributed by atoms with E-state index in [2.05, 4.69) is 10.1 Å². The Bertz CT molecular complexity index is 759. The normalized spacial score (nSPS) is 10.6. The summed E-state index contributed by atoms with van der Waals surface area (Å²) >= 11 is 1.51. The lowest BCUT2D eigenvalue weighted by molar-refractivity contribution is 0.391. The van der Waals surface area contributed by atoms with Crippen molar-refractivity contribution in [2.75, 3.05) is 7.11 Å². The van der Waals surface area contributed by atoms with Gasteiger partial charge in [-0.05, 0) is 36.4 Å². The Kier molecular flexibility index (Phi) is 4.39. The number of thioether (sulfide) groups is 1. The van der Waals surface area contributed by atoms with Crippen molar-refractivity contribution < 1.29 is 13.7 Å². The van der Waals surface area contributed by atoms with Crippen molar-refractivity contribution in [3.63, 3.8) is 0 Å². The number of rotatable bonds is 5. The zero-order valence-corrected chi connectivity index (χ0v) is 12.6. The fourth-order valence-corrected chi connectivity index (χ4v) is 2.60. The predicted octanol–water partition coefficient (Wildman–Crippen LogP) is 4.18. The molecule has 2 aromatic carbocycles. The standard InChI is InChI=1S/C16H13FN2O2S/c1-20-13-4-2-3-11(9-13)16-18-15(21-19-16)10-22-14-7-5-12(17)6-8-14/h2-9H,10H2,1H3. The molecule has 0 saturated carbocycles. The number of benzene rings is 2. The van der Waals surface area contributed by atoms with Crippen LogP contribution in [0.25, 0.3) is 11.4 Å². The molecule has 22 heavy (non-hydrogen) atoms. The van der Waals surface area contributed by atoms with E-state index in [9.17, 15) is 4.39 Å². The zero-order valence-electron chi connectivity index (χ0n) is 11.8. The van der Waals surface area contributed by atoms with Gasteiger partial charge in [0.15, 0.2) is 0 Å². The van der Waals surface area contributed by atoms with Gasteiger partial charge >= 0.3 is 0 Å². The number of nitrogens with zero attached hydrogens (tertiary/aromatic N) is 2. The van der Waals surface area contributed by atoms with Crippen molar-refractivity contribution in [2.24, 2.45) is 0 Å². The van der Waals surface area contributed by atoms with E-state index in [4.69, 9.17) is 9.26 Å². The van der Waals surface area contributed by atoms with E-state index in [1.807, 2.05) is 24.3 Å². The minimum absolute atomic E-state index is 0.248. The first-order valence-electron chi connectivity index (χ1n) is 6.60. The van der Waals surface area contributed by atoms with Crippen LogP contribution in [0.3, 0.4) is 0 Å². The quantitative estimate of drug-likeness (QED) is 0.661. The molecule has 112 valence electrons. The lowest BCUT2D eigenvalue weighted by Crippen LogP contribution is -1.86. The molecule has 0 N–H and O–H groups in total. The highest BCUT2D eigenvalue weighted by molar-refractivity contribution is 7.98. The molecule has 0 aliphatic rings. The van der Waals surface area contributed by atoms with E-state index in [1.165, 1.54) is 23.9 Å². The molecule has 1 aromatic heterocycles. The third-order valence-corrected chi connectivity index (χ3v) is 3.97. The second-order valence-corrected chi connectivity index (χ2v) is 5.54. The third-order valence-electron chi connectivity index (χ3n) is 2.97. The maximum absolute atomic E-state index is 12.8. The number of hydrogen-bond donors (Lipinski definition) is 0. The predicted molar refractivity (Wildman–Crippen MR) is 82.2 cm³/mol. The maximum atomic E-state index is 12.8. The molecule has 0 unspecified atom stereocenters. The van der Waals surface area contributed by atoms with Gasteiger partial charge in [-0.25, -0.2) is 4.39 Å². The van der Waals surface area contributed by atoms with E-state index in [-0.39, 0.29) is 5.82 Å². The molecule has 1 heterocycles. The van der Waals surface area contributed by atoms with Crippen molar-refractivity contribution in [3.05, 3.63) is 60.2 Å². The van der Waals surface area contributed by atoms with Crippen molar-refractivity contribution in [3.8, 4) is 17.1 Å². The minimum atomic E-state index is -0.248. The molecule has 0 aliphatic heterocycles. The van der Waals surface area contributed by atoms with Gasteiger partial charge in [0.25, 0.3) is 0 Å². The van der Waals surface area contributed by atoms with E-state index < -0.39 is 0 Å². The average Bonchev–Trinajstić information content (AvgIpc) is 3.03. The Balaban J connectivity index is 1.69. The first-order valence-corrected chi connectivity index (χ1v) is 7.58. The van der Waals surface area contributed by atoms with Crippen molar-refractivity contribution in [1.29, 1.82) is 0 Å². The van der Waals surface area contributed by atoms with Crippen LogP contribution in [-0.4, -0.2) is 17.3 Å². The minimum Gasteiger partial charge on any atom is -0.497 e. The Labute approximate surface area is 131 Å². The van der Waals surface area contributed by atoms with Gasteiger partial charge in [-0.15, -0.1) is 11.8 Å². The third kappa shape index (κ3) is 3.46. The number of hydrogen-bond acceptors (Lipinski definition) is 5. The molecule has 0 aliphatic carbocycles. The van der Waals surface area contributed by atoms with Crippen LogP contribution in [0.2, 0.25) is 0 Å². The molecule has 4 nitrogen and oxygen atoms in total. The first kappa shape index (κ1) is 14.6. The zero-order chi connectivity index (χ0) is 15.4. The fraction of sp³-hybridized carbons (Fsp3) is 0.125. The Morgan fingerprint density at radius 1 is 1.18 bits per heavy atom. The van der Waals surface area contributed by atoms with Gasteiger partial charge in [0.2, 0.25) is 11.7 Å². The van der Waals surface area contributed by atoms with Gasteiger partial charge in [0, 0.05) is 10.5 Å². The van der Waals surface area contributed by atoms with Gasteiger partial charge in [-0.3, -0.25) is 0 Å². The van der Waals surface area contributed by atoms with Crippen LogP contribution in [0.4, 0.5) is 4.39 Å².